The number of hydrogen-bond acceptors (Lipinski definition) is 2. The second kappa shape index (κ2) is 3.32. The molecule has 1 aromatic heterocycles. The zero-order valence-corrected chi connectivity index (χ0v) is 7.69. The molecule has 1 aliphatic rings. The third kappa shape index (κ3) is 1.57. The monoisotopic (exact) mass is 196 g/mol. The summed E-state index contributed by atoms with van der Waals surface area (Å²) in [5.41, 5.74) is 0.622. The number of carboxylic acids is 1. The summed E-state index contributed by atoms with van der Waals surface area (Å²) in [6.07, 6.45) is 3.37. The fourth-order valence-electron chi connectivity index (χ4n) is 1.64. The van der Waals surface area contributed by atoms with Crippen molar-refractivity contribution in [2.45, 2.75) is 31.7 Å². The molecule has 14 heavy (non-hydrogen) atoms. The number of aromatic nitrogens is 2. The number of H-pyrrole nitrogens is 1. The van der Waals surface area contributed by atoms with E-state index in [-0.39, 0.29) is 12.1 Å². The van der Waals surface area contributed by atoms with E-state index in [2.05, 4.69) is 5.10 Å². The number of nitrogens with zero attached hydrogens (tertiary/aromatic N) is 1. The van der Waals surface area contributed by atoms with Gasteiger partial charge in [-0.3, -0.25) is 14.7 Å². The molecule has 0 saturated heterocycles. The Morgan fingerprint density at radius 2 is 2.36 bits per heavy atom. The maximum atomic E-state index is 11.3. The molecule has 0 radical (unpaired) electrons. The van der Waals surface area contributed by atoms with Gasteiger partial charge in [0.25, 0.3) is 5.56 Å². The maximum absolute atomic E-state index is 11.3. The van der Waals surface area contributed by atoms with Crippen molar-refractivity contribution in [1.29, 1.82) is 0 Å². The smallest absolute Gasteiger partial charge is 0.325 e. The van der Waals surface area contributed by atoms with Crippen molar-refractivity contribution in [3.8, 4) is 0 Å². The number of nitrogens with one attached hydrogen (secondary N) is 1. The van der Waals surface area contributed by atoms with Gasteiger partial charge in [-0.15, -0.1) is 0 Å². The molecular weight excluding hydrogens is 184 g/mol. The Kier molecular flexibility index (Phi) is 2.15. The minimum Gasteiger partial charge on any atom is -0.480 e. The van der Waals surface area contributed by atoms with Crippen LogP contribution in [0.2, 0.25) is 0 Å². The molecule has 1 heterocycles. The Balaban J connectivity index is 2.20. The summed E-state index contributed by atoms with van der Waals surface area (Å²) < 4.78 is 1.13. The second-order valence-electron chi connectivity index (χ2n) is 3.66. The van der Waals surface area contributed by atoms with Crippen LogP contribution in [-0.4, -0.2) is 20.9 Å². The van der Waals surface area contributed by atoms with Crippen molar-refractivity contribution in [3.63, 3.8) is 0 Å². The average Bonchev–Trinajstić information content (AvgIpc) is 2.27. The highest BCUT2D eigenvalue weighted by atomic mass is 16.4. The summed E-state index contributed by atoms with van der Waals surface area (Å²) in [6.45, 7) is -0.286. The van der Waals surface area contributed by atoms with Crippen LogP contribution in [0.3, 0.4) is 0 Å². The van der Waals surface area contributed by atoms with Gasteiger partial charge in [-0.25, -0.2) is 4.68 Å². The Labute approximate surface area is 80.3 Å². The van der Waals surface area contributed by atoms with E-state index in [0.29, 0.717) is 5.92 Å². The van der Waals surface area contributed by atoms with Crippen molar-refractivity contribution in [3.05, 3.63) is 22.1 Å². The van der Waals surface area contributed by atoms with E-state index < -0.39 is 5.97 Å². The molecule has 1 saturated carbocycles. The Hall–Kier alpha value is -1.52. The molecule has 5 nitrogen and oxygen atoms in total. The SMILES string of the molecule is O=C(O)Cn1[nH]c(C2CCC2)cc1=O. The fourth-order valence-corrected chi connectivity index (χ4v) is 1.64. The van der Waals surface area contributed by atoms with E-state index >= 15 is 0 Å². The molecule has 0 atom stereocenters. The van der Waals surface area contributed by atoms with Gasteiger partial charge < -0.3 is 5.11 Å². The van der Waals surface area contributed by atoms with Crippen LogP contribution >= 0.6 is 0 Å². The standard InChI is InChI=1S/C9H12N2O3/c12-8-4-7(6-2-1-3-6)10-11(8)5-9(13)14/h4,6,10H,1-3,5H2,(H,13,14). The van der Waals surface area contributed by atoms with E-state index in [1.807, 2.05) is 0 Å². The molecular formula is C9H12N2O3. The second-order valence-corrected chi connectivity index (χ2v) is 3.66. The molecule has 2 rings (SSSR count). The lowest BCUT2D eigenvalue weighted by atomic mass is 9.83. The van der Waals surface area contributed by atoms with Crippen LogP contribution in [0.1, 0.15) is 30.9 Å². The third-order valence-corrected chi connectivity index (χ3v) is 2.65. The van der Waals surface area contributed by atoms with Gasteiger partial charge in [0, 0.05) is 17.7 Å². The van der Waals surface area contributed by atoms with E-state index in [4.69, 9.17) is 5.11 Å². The Morgan fingerprint density at radius 1 is 1.64 bits per heavy atom. The fraction of sp³-hybridized carbons (Fsp3) is 0.556. The van der Waals surface area contributed by atoms with Crippen molar-refractivity contribution < 1.29 is 9.90 Å². The minimum absolute atomic E-state index is 0.255. The third-order valence-electron chi connectivity index (χ3n) is 2.65. The molecule has 1 aliphatic carbocycles. The zero-order chi connectivity index (χ0) is 10.1. The number of carboxylic acid groups (broad SMARTS) is 1. The lowest BCUT2D eigenvalue weighted by Crippen LogP contribution is -2.21. The van der Waals surface area contributed by atoms with Crippen LogP contribution in [0.5, 0.6) is 0 Å². The van der Waals surface area contributed by atoms with E-state index in [1.54, 1.807) is 0 Å². The molecule has 0 amide bonds. The lowest BCUT2D eigenvalue weighted by Gasteiger charge is -2.23. The van der Waals surface area contributed by atoms with Gasteiger partial charge in [-0.05, 0) is 12.8 Å². The molecule has 0 spiro atoms. The van der Waals surface area contributed by atoms with Gasteiger partial charge in [-0.2, -0.15) is 0 Å². The molecule has 0 aromatic carbocycles. The Bertz CT molecular complexity index is 400. The van der Waals surface area contributed by atoms with Crippen molar-refractivity contribution in [1.82, 2.24) is 9.78 Å². The van der Waals surface area contributed by atoms with Crippen LogP contribution in [0.25, 0.3) is 0 Å². The van der Waals surface area contributed by atoms with E-state index in [1.165, 1.54) is 12.5 Å². The topological polar surface area (TPSA) is 75.1 Å². The summed E-state index contributed by atoms with van der Waals surface area (Å²) in [6, 6.07) is 1.51. The normalized spacial score (nSPS) is 16.6. The number of aliphatic carboxylic acids is 1. The first-order chi connectivity index (χ1) is 6.66. The van der Waals surface area contributed by atoms with Crippen molar-refractivity contribution in [2.75, 3.05) is 0 Å². The molecule has 5 heteroatoms. The first-order valence-corrected chi connectivity index (χ1v) is 4.68. The van der Waals surface area contributed by atoms with E-state index in [0.717, 1.165) is 23.2 Å². The molecule has 1 aromatic rings. The summed E-state index contributed by atoms with van der Waals surface area (Å²) in [4.78, 5) is 21.7. The highest BCUT2D eigenvalue weighted by molar-refractivity contribution is 5.66. The maximum Gasteiger partial charge on any atom is 0.325 e. The highest BCUT2D eigenvalue weighted by Gasteiger charge is 2.22. The minimum atomic E-state index is -1.01. The van der Waals surface area contributed by atoms with Crippen LogP contribution < -0.4 is 5.56 Å². The van der Waals surface area contributed by atoms with Gasteiger partial charge in [0.1, 0.15) is 6.54 Å². The predicted octanol–water partition coefficient (Wildman–Crippen LogP) is 0.528. The lowest BCUT2D eigenvalue weighted by molar-refractivity contribution is -0.137. The molecule has 2 N–H and O–H groups in total. The van der Waals surface area contributed by atoms with Crippen molar-refractivity contribution >= 4 is 5.97 Å². The first-order valence-electron chi connectivity index (χ1n) is 4.68. The van der Waals surface area contributed by atoms with Gasteiger partial charge in [0.2, 0.25) is 0 Å². The number of hydrogen-bond donors (Lipinski definition) is 2. The average molecular weight is 196 g/mol. The molecule has 76 valence electrons. The van der Waals surface area contributed by atoms with Gasteiger partial charge in [-0.1, -0.05) is 6.42 Å². The zero-order valence-electron chi connectivity index (χ0n) is 7.69. The van der Waals surface area contributed by atoms with Crippen LogP contribution in [-0.2, 0) is 11.3 Å². The van der Waals surface area contributed by atoms with Crippen LogP contribution in [0.15, 0.2) is 10.9 Å². The number of carbonyl (C=O) groups is 1. The molecule has 0 unspecified atom stereocenters. The van der Waals surface area contributed by atoms with Crippen molar-refractivity contribution in [2.24, 2.45) is 0 Å². The molecule has 1 fully saturated rings. The van der Waals surface area contributed by atoms with Crippen LogP contribution in [0, 0.1) is 0 Å². The van der Waals surface area contributed by atoms with E-state index in [9.17, 15) is 9.59 Å². The van der Waals surface area contributed by atoms with Crippen LogP contribution in [0.4, 0.5) is 0 Å². The molecule has 0 aliphatic heterocycles. The number of aromatic amines is 1. The predicted molar refractivity (Wildman–Crippen MR) is 49.3 cm³/mol. The summed E-state index contributed by atoms with van der Waals surface area (Å²) in [5.74, 6) is -0.577. The van der Waals surface area contributed by atoms with Gasteiger partial charge >= 0.3 is 5.97 Å². The summed E-state index contributed by atoms with van der Waals surface area (Å²) in [5, 5.41) is 11.4. The number of rotatable bonds is 3. The van der Waals surface area contributed by atoms with Gasteiger partial charge in [0.15, 0.2) is 0 Å². The summed E-state index contributed by atoms with van der Waals surface area (Å²) in [7, 11) is 0. The molecule has 0 bridgehead atoms. The van der Waals surface area contributed by atoms with Gasteiger partial charge in [0.05, 0.1) is 0 Å². The summed E-state index contributed by atoms with van der Waals surface area (Å²) >= 11 is 0. The quantitative estimate of drug-likeness (QED) is 0.740. The largest absolute Gasteiger partial charge is 0.480 e. The first kappa shape index (κ1) is 9.05. The Morgan fingerprint density at radius 3 is 2.86 bits per heavy atom. The highest BCUT2D eigenvalue weighted by Crippen LogP contribution is 2.34.